The highest BCUT2D eigenvalue weighted by Gasteiger charge is 2.42. The summed E-state index contributed by atoms with van der Waals surface area (Å²) in [6.45, 7) is 2.09. The number of fused-ring (bicyclic) bond motifs is 3. The number of allylic oxidation sites excluding steroid dienone is 2. The summed E-state index contributed by atoms with van der Waals surface area (Å²) >= 11 is 0. The SMILES string of the molecule is CCc1ccc([C@@H]2Nc3c(cccc3C(F)(F)F)[C@H]3C=CC[C@@H]32)cc1. The average Bonchev–Trinajstić information content (AvgIpc) is 3.10. The summed E-state index contributed by atoms with van der Waals surface area (Å²) < 4.78 is 40.5. The number of aryl methyl sites for hydroxylation is 1. The van der Waals surface area contributed by atoms with E-state index in [4.69, 9.17) is 0 Å². The molecule has 25 heavy (non-hydrogen) atoms. The summed E-state index contributed by atoms with van der Waals surface area (Å²) in [6, 6.07) is 12.6. The standard InChI is InChI=1S/C21H20F3N/c1-2-13-9-11-14(12-10-13)19-16-6-3-5-15(16)17-7-4-8-18(20(17)25-19)21(22,23)24/h3-5,7-12,15-16,19,25H,2,6H2,1H3/t15-,16-,19-/m0/s1. The van der Waals surface area contributed by atoms with Crippen LogP contribution in [0.3, 0.4) is 0 Å². The number of anilines is 1. The molecule has 2 aliphatic rings. The Labute approximate surface area is 145 Å². The Morgan fingerprint density at radius 2 is 1.84 bits per heavy atom. The molecule has 1 aliphatic carbocycles. The molecule has 2 aromatic rings. The Balaban J connectivity index is 1.80. The smallest absolute Gasteiger partial charge is 0.377 e. The molecular weight excluding hydrogens is 323 g/mol. The van der Waals surface area contributed by atoms with Crippen LogP contribution in [0.15, 0.2) is 54.6 Å². The maximum Gasteiger partial charge on any atom is 0.418 e. The Morgan fingerprint density at radius 1 is 1.08 bits per heavy atom. The fraction of sp³-hybridized carbons (Fsp3) is 0.333. The Bertz CT molecular complexity index is 805. The second kappa shape index (κ2) is 5.94. The highest BCUT2D eigenvalue weighted by Crippen LogP contribution is 2.52. The van der Waals surface area contributed by atoms with Gasteiger partial charge in [-0.2, -0.15) is 13.2 Å². The van der Waals surface area contributed by atoms with Crippen LogP contribution < -0.4 is 5.32 Å². The third-order valence-electron chi connectivity index (χ3n) is 5.45. The average molecular weight is 343 g/mol. The van der Waals surface area contributed by atoms with Crippen LogP contribution in [0.5, 0.6) is 0 Å². The first-order chi connectivity index (χ1) is 12.0. The molecule has 4 heteroatoms. The minimum Gasteiger partial charge on any atom is -0.377 e. The normalized spacial score (nSPS) is 24.6. The molecule has 2 aromatic carbocycles. The summed E-state index contributed by atoms with van der Waals surface area (Å²) in [5, 5.41) is 3.24. The molecule has 0 saturated heterocycles. The molecule has 1 heterocycles. The summed E-state index contributed by atoms with van der Waals surface area (Å²) in [5.74, 6) is 0.290. The number of alkyl halides is 3. The minimum atomic E-state index is -4.36. The minimum absolute atomic E-state index is 0.0365. The highest BCUT2D eigenvalue weighted by molar-refractivity contribution is 5.65. The number of halogens is 3. The van der Waals surface area contributed by atoms with E-state index in [0.717, 1.165) is 24.0 Å². The van der Waals surface area contributed by atoms with Gasteiger partial charge in [0.25, 0.3) is 0 Å². The molecule has 0 bridgehead atoms. The van der Waals surface area contributed by atoms with Gasteiger partial charge >= 0.3 is 6.18 Å². The van der Waals surface area contributed by atoms with Gasteiger partial charge in [0.05, 0.1) is 17.3 Å². The Kier molecular flexibility index (Phi) is 3.86. The molecule has 0 amide bonds. The van der Waals surface area contributed by atoms with Gasteiger partial charge in [-0.25, -0.2) is 0 Å². The van der Waals surface area contributed by atoms with Crippen molar-refractivity contribution in [3.63, 3.8) is 0 Å². The second-order valence-corrected chi connectivity index (χ2v) is 6.84. The molecule has 3 atom stereocenters. The van der Waals surface area contributed by atoms with Crippen molar-refractivity contribution < 1.29 is 13.2 Å². The van der Waals surface area contributed by atoms with Gasteiger partial charge in [-0.3, -0.25) is 0 Å². The van der Waals surface area contributed by atoms with Gasteiger partial charge in [0.2, 0.25) is 0 Å². The van der Waals surface area contributed by atoms with Gasteiger partial charge in [-0.05, 0) is 41.5 Å². The number of para-hydroxylation sites is 1. The Hall–Kier alpha value is -2.23. The van der Waals surface area contributed by atoms with Crippen LogP contribution in [0.25, 0.3) is 0 Å². The molecule has 0 fully saturated rings. The van der Waals surface area contributed by atoms with E-state index in [9.17, 15) is 13.2 Å². The van der Waals surface area contributed by atoms with E-state index >= 15 is 0 Å². The third-order valence-corrected chi connectivity index (χ3v) is 5.45. The van der Waals surface area contributed by atoms with E-state index in [1.54, 1.807) is 0 Å². The fourth-order valence-electron chi connectivity index (χ4n) is 4.15. The van der Waals surface area contributed by atoms with Crippen LogP contribution in [0.2, 0.25) is 0 Å². The zero-order valence-electron chi connectivity index (χ0n) is 14.0. The molecule has 4 rings (SSSR count). The number of benzene rings is 2. The first-order valence-electron chi connectivity index (χ1n) is 8.71. The van der Waals surface area contributed by atoms with E-state index in [1.807, 2.05) is 18.2 Å². The maximum atomic E-state index is 13.5. The number of hydrogen-bond donors (Lipinski definition) is 1. The van der Waals surface area contributed by atoms with Crippen LogP contribution in [0.1, 0.15) is 47.6 Å². The fourth-order valence-corrected chi connectivity index (χ4v) is 4.15. The van der Waals surface area contributed by atoms with Gasteiger partial charge in [0.15, 0.2) is 0 Å². The third kappa shape index (κ3) is 2.74. The zero-order chi connectivity index (χ0) is 17.6. The Morgan fingerprint density at radius 3 is 2.52 bits per heavy atom. The lowest BCUT2D eigenvalue weighted by Crippen LogP contribution is -2.30. The highest BCUT2D eigenvalue weighted by atomic mass is 19.4. The molecule has 0 spiro atoms. The predicted molar refractivity (Wildman–Crippen MR) is 93.6 cm³/mol. The van der Waals surface area contributed by atoms with E-state index in [0.29, 0.717) is 0 Å². The van der Waals surface area contributed by atoms with Gasteiger partial charge in [0, 0.05) is 5.92 Å². The van der Waals surface area contributed by atoms with Crippen molar-refractivity contribution in [2.45, 2.75) is 37.9 Å². The van der Waals surface area contributed by atoms with Crippen LogP contribution in [0, 0.1) is 5.92 Å². The maximum absolute atomic E-state index is 13.5. The number of rotatable bonds is 2. The molecule has 1 nitrogen and oxygen atoms in total. The van der Waals surface area contributed by atoms with Crippen molar-refractivity contribution in [1.29, 1.82) is 0 Å². The lowest BCUT2D eigenvalue weighted by Gasteiger charge is -2.38. The molecule has 1 N–H and O–H groups in total. The molecule has 0 unspecified atom stereocenters. The summed E-state index contributed by atoms with van der Waals surface area (Å²) in [7, 11) is 0. The van der Waals surface area contributed by atoms with E-state index < -0.39 is 11.7 Å². The van der Waals surface area contributed by atoms with Crippen molar-refractivity contribution in [1.82, 2.24) is 0 Å². The summed E-state index contributed by atoms with van der Waals surface area (Å²) in [6.07, 6.45) is 1.64. The zero-order valence-corrected chi connectivity index (χ0v) is 14.0. The molecule has 0 aromatic heterocycles. The van der Waals surface area contributed by atoms with E-state index in [1.165, 1.54) is 17.7 Å². The second-order valence-electron chi connectivity index (χ2n) is 6.84. The largest absolute Gasteiger partial charge is 0.418 e. The topological polar surface area (TPSA) is 12.0 Å². The number of nitrogens with one attached hydrogen (secondary N) is 1. The summed E-state index contributed by atoms with van der Waals surface area (Å²) in [4.78, 5) is 0. The van der Waals surface area contributed by atoms with Crippen LogP contribution in [-0.2, 0) is 12.6 Å². The van der Waals surface area contributed by atoms with Crippen molar-refractivity contribution >= 4 is 5.69 Å². The van der Waals surface area contributed by atoms with Crippen LogP contribution >= 0.6 is 0 Å². The lowest BCUT2D eigenvalue weighted by atomic mass is 9.76. The van der Waals surface area contributed by atoms with E-state index in [2.05, 4.69) is 36.5 Å². The molecule has 0 radical (unpaired) electrons. The monoisotopic (exact) mass is 343 g/mol. The first kappa shape index (κ1) is 16.2. The molecule has 0 saturated carbocycles. The van der Waals surface area contributed by atoms with Crippen molar-refractivity contribution in [2.24, 2.45) is 5.92 Å². The first-order valence-corrected chi connectivity index (χ1v) is 8.71. The predicted octanol–water partition coefficient (Wildman–Crippen LogP) is 6.09. The van der Waals surface area contributed by atoms with Gasteiger partial charge in [-0.1, -0.05) is 55.5 Å². The quantitative estimate of drug-likeness (QED) is 0.650. The summed E-state index contributed by atoms with van der Waals surface area (Å²) in [5.41, 5.74) is 2.72. The molecular formula is C21H20F3N. The van der Waals surface area contributed by atoms with Gasteiger partial charge in [-0.15, -0.1) is 0 Å². The van der Waals surface area contributed by atoms with Crippen LogP contribution in [0.4, 0.5) is 18.9 Å². The van der Waals surface area contributed by atoms with Gasteiger partial charge in [0.1, 0.15) is 0 Å². The molecule has 130 valence electrons. The van der Waals surface area contributed by atoms with Gasteiger partial charge < -0.3 is 5.32 Å². The van der Waals surface area contributed by atoms with Crippen molar-refractivity contribution in [3.8, 4) is 0 Å². The lowest BCUT2D eigenvalue weighted by molar-refractivity contribution is -0.137. The number of hydrogen-bond acceptors (Lipinski definition) is 1. The van der Waals surface area contributed by atoms with Crippen molar-refractivity contribution in [3.05, 3.63) is 76.9 Å². The molecule has 1 aliphatic heterocycles. The van der Waals surface area contributed by atoms with E-state index in [-0.39, 0.29) is 23.6 Å². The van der Waals surface area contributed by atoms with Crippen molar-refractivity contribution in [2.75, 3.05) is 5.32 Å². The van der Waals surface area contributed by atoms with Crippen LogP contribution in [-0.4, -0.2) is 0 Å².